The van der Waals surface area contributed by atoms with Crippen molar-refractivity contribution in [3.05, 3.63) is 69.2 Å². The van der Waals surface area contributed by atoms with Crippen LogP contribution < -0.4 is 16.3 Å². The van der Waals surface area contributed by atoms with Crippen LogP contribution in [-0.4, -0.2) is 42.0 Å². The standard InChI is InChI=1S/C22H24N4O3/c1-14-10-18-16(12-20(27)29-19(18)11-15(14)2)13-25-6-8-26(9-7-25)22-17(21(23)28)4-3-5-24-22/h3-5,10-12H,6-9,13H2,1-2H3,(H2,23,28). The minimum absolute atomic E-state index is 0.325. The van der Waals surface area contributed by atoms with Gasteiger partial charge in [0.1, 0.15) is 11.4 Å². The number of piperazine rings is 1. The summed E-state index contributed by atoms with van der Waals surface area (Å²) in [5, 5.41) is 0.982. The van der Waals surface area contributed by atoms with Gasteiger partial charge in [-0.3, -0.25) is 9.69 Å². The van der Waals surface area contributed by atoms with Crippen LogP contribution >= 0.6 is 0 Å². The van der Waals surface area contributed by atoms with Crippen molar-refractivity contribution in [3.63, 3.8) is 0 Å². The predicted molar refractivity (Wildman–Crippen MR) is 112 cm³/mol. The number of nitrogens with zero attached hydrogens (tertiary/aromatic N) is 3. The smallest absolute Gasteiger partial charge is 0.336 e. The number of fused-ring (bicyclic) bond motifs is 1. The van der Waals surface area contributed by atoms with E-state index in [1.807, 2.05) is 13.0 Å². The van der Waals surface area contributed by atoms with Gasteiger partial charge >= 0.3 is 5.63 Å². The summed E-state index contributed by atoms with van der Waals surface area (Å²) in [5.74, 6) is 0.167. The second-order valence-corrected chi connectivity index (χ2v) is 7.53. The number of carbonyl (C=O) groups is 1. The Hall–Kier alpha value is -3.19. The van der Waals surface area contributed by atoms with Crippen LogP contribution in [0.4, 0.5) is 5.82 Å². The van der Waals surface area contributed by atoms with Crippen LogP contribution in [-0.2, 0) is 6.54 Å². The number of rotatable bonds is 4. The van der Waals surface area contributed by atoms with Gasteiger partial charge in [-0.15, -0.1) is 0 Å². The minimum atomic E-state index is -0.469. The van der Waals surface area contributed by atoms with Crippen LogP contribution in [0, 0.1) is 13.8 Å². The first kappa shape index (κ1) is 19.1. The molecule has 0 saturated carbocycles. The molecular weight excluding hydrogens is 368 g/mol. The van der Waals surface area contributed by atoms with E-state index < -0.39 is 5.91 Å². The van der Waals surface area contributed by atoms with Gasteiger partial charge in [-0.05, 0) is 54.8 Å². The van der Waals surface area contributed by atoms with E-state index in [-0.39, 0.29) is 5.63 Å². The highest BCUT2D eigenvalue weighted by Gasteiger charge is 2.22. The van der Waals surface area contributed by atoms with Crippen LogP contribution in [0.1, 0.15) is 27.0 Å². The van der Waals surface area contributed by atoms with Gasteiger partial charge < -0.3 is 15.1 Å². The molecule has 0 radical (unpaired) electrons. The summed E-state index contributed by atoms with van der Waals surface area (Å²) >= 11 is 0. The zero-order chi connectivity index (χ0) is 20.5. The van der Waals surface area contributed by atoms with E-state index in [4.69, 9.17) is 10.2 Å². The Morgan fingerprint density at radius 2 is 1.86 bits per heavy atom. The lowest BCUT2D eigenvalue weighted by molar-refractivity contribution is 0.1000. The first-order valence-electron chi connectivity index (χ1n) is 9.68. The molecule has 1 saturated heterocycles. The van der Waals surface area contributed by atoms with Gasteiger partial charge in [0.15, 0.2) is 0 Å². The van der Waals surface area contributed by atoms with Crippen LogP contribution in [0.25, 0.3) is 11.0 Å². The fraction of sp³-hybridized carbons (Fsp3) is 0.318. The Morgan fingerprint density at radius 1 is 1.14 bits per heavy atom. The van der Waals surface area contributed by atoms with Crippen molar-refractivity contribution < 1.29 is 9.21 Å². The summed E-state index contributed by atoms with van der Waals surface area (Å²) in [6.45, 7) is 7.79. The van der Waals surface area contributed by atoms with Gasteiger partial charge in [-0.1, -0.05) is 0 Å². The fourth-order valence-corrected chi connectivity index (χ4v) is 3.81. The molecule has 1 aromatic carbocycles. The summed E-state index contributed by atoms with van der Waals surface area (Å²) in [7, 11) is 0. The monoisotopic (exact) mass is 392 g/mol. The zero-order valence-electron chi connectivity index (χ0n) is 16.6. The van der Waals surface area contributed by atoms with E-state index in [9.17, 15) is 9.59 Å². The van der Waals surface area contributed by atoms with Gasteiger partial charge in [0.2, 0.25) is 0 Å². The van der Waals surface area contributed by atoms with Gasteiger partial charge in [-0.2, -0.15) is 0 Å². The number of aryl methyl sites for hydroxylation is 2. The van der Waals surface area contributed by atoms with E-state index in [1.165, 1.54) is 5.56 Å². The second-order valence-electron chi connectivity index (χ2n) is 7.53. The molecule has 3 aromatic rings. The Bertz CT molecular complexity index is 1130. The zero-order valence-corrected chi connectivity index (χ0v) is 16.6. The minimum Gasteiger partial charge on any atom is -0.423 e. The summed E-state index contributed by atoms with van der Waals surface area (Å²) in [6.07, 6.45) is 1.67. The van der Waals surface area contributed by atoms with E-state index in [2.05, 4.69) is 27.8 Å². The summed E-state index contributed by atoms with van der Waals surface area (Å²) < 4.78 is 5.40. The number of aromatic nitrogens is 1. The van der Waals surface area contributed by atoms with Gasteiger partial charge in [-0.25, -0.2) is 9.78 Å². The maximum Gasteiger partial charge on any atom is 0.336 e. The fourth-order valence-electron chi connectivity index (χ4n) is 3.81. The molecule has 2 aromatic heterocycles. The first-order valence-corrected chi connectivity index (χ1v) is 9.68. The average molecular weight is 392 g/mol. The number of benzene rings is 1. The molecule has 0 unspecified atom stereocenters. The number of pyridine rings is 1. The lowest BCUT2D eigenvalue weighted by Crippen LogP contribution is -2.46. The molecule has 1 aliphatic heterocycles. The Morgan fingerprint density at radius 3 is 2.59 bits per heavy atom. The van der Waals surface area contributed by atoms with Gasteiger partial charge in [0.05, 0.1) is 5.56 Å². The van der Waals surface area contributed by atoms with E-state index in [0.29, 0.717) is 23.5 Å². The Labute approximate surface area is 168 Å². The molecule has 0 spiro atoms. The third-order valence-electron chi connectivity index (χ3n) is 5.56. The number of primary amides is 1. The molecule has 1 aliphatic rings. The average Bonchev–Trinajstić information content (AvgIpc) is 2.70. The molecule has 0 atom stereocenters. The second kappa shape index (κ2) is 7.67. The molecule has 4 rings (SSSR count). The van der Waals surface area contributed by atoms with Crippen molar-refractivity contribution in [3.8, 4) is 0 Å². The molecule has 1 fully saturated rings. The third kappa shape index (κ3) is 3.86. The van der Waals surface area contributed by atoms with Crippen LogP contribution in [0.5, 0.6) is 0 Å². The number of anilines is 1. The van der Waals surface area contributed by atoms with Gasteiger partial charge in [0.25, 0.3) is 5.91 Å². The normalized spacial score (nSPS) is 15.0. The van der Waals surface area contributed by atoms with Crippen LogP contribution in [0.2, 0.25) is 0 Å². The van der Waals surface area contributed by atoms with Crippen molar-refractivity contribution in [1.29, 1.82) is 0 Å². The molecule has 2 N–H and O–H groups in total. The molecule has 3 heterocycles. The van der Waals surface area contributed by atoms with Crippen LogP contribution in [0.15, 0.2) is 45.7 Å². The van der Waals surface area contributed by atoms with Crippen molar-refractivity contribution in [2.24, 2.45) is 5.73 Å². The molecule has 1 amide bonds. The number of carbonyl (C=O) groups excluding carboxylic acids is 1. The first-order chi connectivity index (χ1) is 13.9. The Kier molecular flexibility index (Phi) is 5.07. The summed E-state index contributed by atoms with van der Waals surface area (Å²) in [6, 6.07) is 9.03. The van der Waals surface area contributed by atoms with Crippen molar-refractivity contribution in [2.75, 3.05) is 31.1 Å². The maximum absolute atomic E-state index is 12.0. The summed E-state index contributed by atoms with van der Waals surface area (Å²) in [4.78, 5) is 32.5. The molecule has 150 valence electrons. The van der Waals surface area contributed by atoms with Crippen molar-refractivity contribution in [1.82, 2.24) is 9.88 Å². The van der Waals surface area contributed by atoms with Crippen molar-refractivity contribution in [2.45, 2.75) is 20.4 Å². The van der Waals surface area contributed by atoms with Gasteiger partial charge in [0, 0.05) is 50.4 Å². The van der Waals surface area contributed by atoms with E-state index in [0.717, 1.165) is 42.7 Å². The molecule has 0 aliphatic carbocycles. The van der Waals surface area contributed by atoms with Crippen LogP contribution in [0.3, 0.4) is 0 Å². The number of amides is 1. The quantitative estimate of drug-likeness (QED) is 0.685. The number of hydrogen-bond donors (Lipinski definition) is 1. The highest BCUT2D eigenvalue weighted by Crippen LogP contribution is 2.24. The number of nitrogens with two attached hydrogens (primary N) is 1. The lowest BCUT2D eigenvalue weighted by Gasteiger charge is -2.36. The van der Waals surface area contributed by atoms with E-state index >= 15 is 0 Å². The molecule has 7 heteroatoms. The highest BCUT2D eigenvalue weighted by molar-refractivity contribution is 5.97. The SMILES string of the molecule is Cc1cc2oc(=O)cc(CN3CCN(c4ncccc4C(N)=O)CC3)c2cc1C. The highest BCUT2D eigenvalue weighted by atomic mass is 16.4. The third-order valence-corrected chi connectivity index (χ3v) is 5.56. The summed E-state index contributed by atoms with van der Waals surface area (Å²) in [5.41, 5.74) is 9.49. The predicted octanol–water partition coefficient (Wildman–Crippen LogP) is 2.23. The topological polar surface area (TPSA) is 92.7 Å². The molecule has 0 bridgehead atoms. The molecular formula is C22H24N4O3. The molecule has 29 heavy (non-hydrogen) atoms. The van der Waals surface area contributed by atoms with Crippen molar-refractivity contribution >= 4 is 22.7 Å². The number of hydrogen-bond acceptors (Lipinski definition) is 6. The lowest BCUT2D eigenvalue weighted by atomic mass is 10.0. The maximum atomic E-state index is 12.0. The van der Waals surface area contributed by atoms with E-state index in [1.54, 1.807) is 24.4 Å². The Balaban J connectivity index is 1.53. The molecule has 7 nitrogen and oxygen atoms in total. The largest absolute Gasteiger partial charge is 0.423 e.